The fraction of sp³-hybridized carbons (Fsp3) is 0.0500. The van der Waals surface area contributed by atoms with Gasteiger partial charge in [0.05, 0.1) is 11.7 Å². The molecule has 0 unspecified atom stereocenters. The maximum absolute atomic E-state index is 12.5. The molecule has 26 heavy (non-hydrogen) atoms. The smallest absolute Gasteiger partial charge is 0.276 e. The molecule has 0 saturated heterocycles. The van der Waals surface area contributed by atoms with Crippen LogP contribution in [0.2, 0.25) is 0 Å². The third-order valence-electron chi connectivity index (χ3n) is 4.14. The van der Waals surface area contributed by atoms with Crippen LogP contribution < -0.4 is 10.9 Å². The molecule has 6 heteroatoms. The van der Waals surface area contributed by atoms with Crippen molar-refractivity contribution in [1.82, 2.24) is 9.99 Å². The molecular formula is C20H15N3O3. The number of hydrogen-bond acceptors (Lipinski definition) is 4. The number of pyridine rings is 1. The van der Waals surface area contributed by atoms with Gasteiger partial charge < -0.3 is 8.98 Å². The number of benzene rings is 2. The lowest BCUT2D eigenvalue weighted by Gasteiger charge is -2.07. The number of amides is 1. The minimum absolute atomic E-state index is 0.0351. The molecule has 0 saturated carbocycles. The summed E-state index contributed by atoms with van der Waals surface area (Å²) in [5, 5.41) is 5.34. The van der Waals surface area contributed by atoms with Crippen molar-refractivity contribution in [3.8, 4) is 0 Å². The summed E-state index contributed by atoms with van der Waals surface area (Å²) in [4.78, 5) is 24.9. The number of aromatic nitrogens is 1. The lowest BCUT2D eigenvalue weighted by atomic mass is 10.1. The number of carbonyl (C=O) groups is 1. The van der Waals surface area contributed by atoms with Crippen LogP contribution in [0.5, 0.6) is 0 Å². The van der Waals surface area contributed by atoms with Gasteiger partial charge in [0, 0.05) is 24.0 Å². The van der Waals surface area contributed by atoms with Gasteiger partial charge in [0.15, 0.2) is 0 Å². The van der Waals surface area contributed by atoms with Gasteiger partial charge in [-0.1, -0.05) is 30.3 Å². The van der Waals surface area contributed by atoms with Crippen molar-refractivity contribution in [3.05, 3.63) is 82.3 Å². The summed E-state index contributed by atoms with van der Waals surface area (Å²) in [7, 11) is 1.79. The molecule has 2 aromatic heterocycles. The molecule has 2 aromatic carbocycles. The van der Waals surface area contributed by atoms with Crippen LogP contribution in [0.1, 0.15) is 16.1 Å². The molecule has 0 aliphatic heterocycles. The Labute approximate surface area is 148 Å². The minimum Gasteiger partial charge on any atom is -0.455 e. The quantitative estimate of drug-likeness (QED) is 0.458. The Morgan fingerprint density at radius 3 is 2.77 bits per heavy atom. The summed E-state index contributed by atoms with van der Waals surface area (Å²) in [6.07, 6.45) is 2.92. The van der Waals surface area contributed by atoms with Gasteiger partial charge >= 0.3 is 0 Å². The summed E-state index contributed by atoms with van der Waals surface area (Å²) < 4.78 is 7.33. The van der Waals surface area contributed by atoms with Crippen LogP contribution in [-0.2, 0) is 7.05 Å². The first kappa shape index (κ1) is 15.8. The Morgan fingerprint density at radius 1 is 1.15 bits per heavy atom. The zero-order valence-electron chi connectivity index (χ0n) is 14.0. The minimum atomic E-state index is -0.566. The Hall–Kier alpha value is -3.67. The standard InChI is InChI=1S/C20H15N3O3/c1-23-12-16(19(24)15-7-3-4-8-17(15)23)20(25)22-21-11-14-10-13-6-2-5-9-18(13)26-14/h2-12H,1H3,(H,22,25). The van der Waals surface area contributed by atoms with E-state index in [1.807, 2.05) is 42.5 Å². The predicted molar refractivity (Wildman–Crippen MR) is 100 cm³/mol. The van der Waals surface area contributed by atoms with E-state index in [1.54, 1.807) is 23.7 Å². The number of carbonyl (C=O) groups excluding carboxylic acids is 1. The van der Waals surface area contributed by atoms with Crippen LogP contribution in [0.25, 0.3) is 21.9 Å². The van der Waals surface area contributed by atoms with E-state index in [1.165, 1.54) is 12.4 Å². The van der Waals surface area contributed by atoms with E-state index in [0.717, 1.165) is 16.5 Å². The van der Waals surface area contributed by atoms with E-state index in [0.29, 0.717) is 11.1 Å². The molecule has 128 valence electrons. The van der Waals surface area contributed by atoms with Crippen molar-refractivity contribution in [2.24, 2.45) is 12.1 Å². The number of furan rings is 1. The Morgan fingerprint density at radius 2 is 1.92 bits per heavy atom. The topological polar surface area (TPSA) is 76.6 Å². The number of nitrogens with one attached hydrogen (secondary N) is 1. The fourth-order valence-corrected chi connectivity index (χ4v) is 2.88. The summed E-state index contributed by atoms with van der Waals surface area (Å²) in [5.74, 6) is -0.0540. The molecule has 0 fully saturated rings. The Balaban J connectivity index is 1.59. The summed E-state index contributed by atoms with van der Waals surface area (Å²) in [6.45, 7) is 0. The average molecular weight is 345 g/mol. The molecule has 4 aromatic rings. The number of fused-ring (bicyclic) bond motifs is 2. The summed E-state index contributed by atoms with van der Waals surface area (Å²) in [6, 6.07) is 16.5. The number of hydrogen-bond donors (Lipinski definition) is 1. The Kier molecular flexibility index (Phi) is 3.85. The van der Waals surface area contributed by atoms with Gasteiger partial charge in [0.2, 0.25) is 5.43 Å². The normalized spacial score (nSPS) is 11.4. The summed E-state index contributed by atoms with van der Waals surface area (Å²) >= 11 is 0. The van der Waals surface area contributed by atoms with Crippen LogP contribution >= 0.6 is 0 Å². The largest absolute Gasteiger partial charge is 0.455 e. The molecule has 0 bridgehead atoms. The highest BCUT2D eigenvalue weighted by atomic mass is 16.3. The van der Waals surface area contributed by atoms with E-state index < -0.39 is 5.91 Å². The third kappa shape index (κ3) is 2.77. The second-order valence-corrected chi connectivity index (χ2v) is 5.89. The highest BCUT2D eigenvalue weighted by molar-refractivity contribution is 5.97. The van der Waals surface area contributed by atoms with E-state index in [4.69, 9.17) is 4.42 Å². The van der Waals surface area contributed by atoms with Crippen LogP contribution in [-0.4, -0.2) is 16.7 Å². The molecular weight excluding hydrogens is 330 g/mol. The van der Waals surface area contributed by atoms with E-state index in [2.05, 4.69) is 10.5 Å². The first-order chi connectivity index (χ1) is 12.6. The first-order valence-electron chi connectivity index (χ1n) is 8.04. The molecule has 0 atom stereocenters. The molecule has 0 aliphatic rings. The van der Waals surface area contributed by atoms with Crippen molar-refractivity contribution in [2.45, 2.75) is 0 Å². The predicted octanol–water partition coefficient (Wildman–Crippen LogP) is 3.05. The van der Waals surface area contributed by atoms with Crippen molar-refractivity contribution >= 4 is 34.0 Å². The average Bonchev–Trinajstić information content (AvgIpc) is 3.07. The highest BCUT2D eigenvalue weighted by Crippen LogP contribution is 2.17. The third-order valence-corrected chi connectivity index (χ3v) is 4.14. The van der Waals surface area contributed by atoms with Gasteiger partial charge in [-0.15, -0.1) is 0 Å². The van der Waals surface area contributed by atoms with E-state index in [9.17, 15) is 9.59 Å². The molecule has 6 nitrogen and oxygen atoms in total. The maximum atomic E-state index is 12.5. The van der Waals surface area contributed by atoms with Crippen LogP contribution in [0, 0.1) is 0 Å². The fourth-order valence-electron chi connectivity index (χ4n) is 2.88. The van der Waals surface area contributed by atoms with Crippen molar-refractivity contribution in [1.29, 1.82) is 0 Å². The van der Waals surface area contributed by atoms with E-state index >= 15 is 0 Å². The van der Waals surface area contributed by atoms with Gasteiger partial charge in [-0.2, -0.15) is 5.10 Å². The van der Waals surface area contributed by atoms with Crippen molar-refractivity contribution in [2.75, 3.05) is 0 Å². The zero-order chi connectivity index (χ0) is 18.1. The van der Waals surface area contributed by atoms with Gasteiger partial charge in [0.1, 0.15) is 16.9 Å². The van der Waals surface area contributed by atoms with Crippen molar-refractivity contribution in [3.63, 3.8) is 0 Å². The van der Waals surface area contributed by atoms with Crippen LogP contribution in [0.3, 0.4) is 0 Å². The van der Waals surface area contributed by atoms with Gasteiger partial charge in [-0.3, -0.25) is 9.59 Å². The second kappa shape index (κ2) is 6.33. The molecule has 4 rings (SSSR count). The lowest BCUT2D eigenvalue weighted by molar-refractivity contribution is 0.0953. The SMILES string of the molecule is Cn1cc(C(=O)NN=Cc2cc3ccccc3o2)c(=O)c2ccccc21. The molecule has 1 amide bonds. The number of hydrazone groups is 1. The number of aryl methyl sites for hydroxylation is 1. The molecule has 0 radical (unpaired) electrons. The monoisotopic (exact) mass is 345 g/mol. The van der Waals surface area contributed by atoms with Gasteiger partial charge in [-0.25, -0.2) is 5.43 Å². The lowest BCUT2D eigenvalue weighted by Crippen LogP contribution is -2.26. The Bertz CT molecular complexity index is 1180. The van der Waals surface area contributed by atoms with Crippen LogP contribution in [0.4, 0.5) is 0 Å². The summed E-state index contributed by atoms with van der Waals surface area (Å²) in [5.41, 5.74) is 3.60. The van der Waals surface area contributed by atoms with Crippen molar-refractivity contribution < 1.29 is 9.21 Å². The van der Waals surface area contributed by atoms with Gasteiger partial charge in [0.25, 0.3) is 5.91 Å². The zero-order valence-corrected chi connectivity index (χ0v) is 14.0. The molecule has 0 spiro atoms. The molecule has 2 heterocycles. The second-order valence-electron chi connectivity index (χ2n) is 5.89. The first-order valence-corrected chi connectivity index (χ1v) is 8.04. The molecule has 0 aliphatic carbocycles. The molecule has 1 N–H and O–H groups in total. The van der Waals surface area contributed by atoms with Crippen LogP contribution in [0.15, 0.2) is 75.1 Å². The highest BCUT2D eigenvalue weighted by Gasteiger charge is 2.13. The number of para-hydroxylation sites is 2. The van der Waals surface area contributed by atoms with E-state index in [-0.39, 0.29) is 11.0 Å². The number of nitrogens with zero attached hydrogens (tertiary/aromatic N) is 2. The number of rotatable bonds is 3. The maximum Gasteiger partial charge on any atom is 0.276 e. The van der Waals surface area contributed by atoms with Gasteiger partial charge in [-0.05, 0) is 24.3 Å².